The molecule has 1 aromatic carbocycles. The van der Waals surface area contributed by atoms with E-state index < -0.39 is 0 Å². The Morgan fingerprint density at radius 1 is 1.23 bits per heavy atom. The average Bonchev–Trinajstić information content (AvgIpc) is 2.04. The number of phenols is 1. The minimum atomic E-state index is 0.275. The lowest BCUT2D eigenvalue weighted by Gasteiger charge is -2.04. The highest BCUT2D eigenvalue weighted by Gasteiger charge is 1.99. The molecular weight excluding hydrogens is 180 g/mol. The van der Waals surface area contributed by atoms with E-state index >= 15 is 0 Å². The first-order chi connectivity index (χ1) is 6.09. The van der Waals surface area contributed by atoms with E-state index in [9.17, 15) is 0 Å². The normalized spacial score (nSPS) is 9.62. The van der Waals surface area contributed by atoms with Crippen molar-refractivity contribution in [3.8, 4) is 5.75 Å². The number of hydrogen-bond donors (Lipinski definition) is 1. The topological polar surface area (TPSA) is 20.2 Å². The van der Waals surface area contributed by atoms with Crippen LogP contribution in [0, 0.1) is 0 Å². The highest BCUT2D eigenvalue weighted by atomic mass is 32.2. The number of benzene rings is 1. The molecule has 0 aromatic heterocycles. The lowest BCUT2D eigenvalue weighted by molar-refractivity contribution is 0.475. The number of rotatable bonds is 3. The second kappa shape index (κ2) is 4.19. The van der Waals surface area contributed by atoms with Crippen LogP contribution in [0.1, 0.15) is 12.5 Å². The maximum Gasteiger partial charge on any atom is 0.115 e. The summed E-state index contributed by atoms with van der Waals surface area (Å²) in [6.07, 6.45) is 0. The molecular formula is C11H12OS. The number of allylic oxidation sites excluding steroid dienone is 1. The van der Waals surface area contributed by atoms with Crippen molar-refractivity contribution in [2.45, 2.75) is 6.92 Å². The van der Waals surface area contributed by atoms with Crippen LogP contribution in [0.4, 0.5) is 0 Å². The van der Waals surface area contributed by atoms with Gasteiger partial charge in [-0.3, -0.25) is 0 Å². The highest BCUT2D eigenvalue weighted by molar-refractivity contribution is 8.11. The molecule has 0 atom stereocenters. The van der Waals surface area contributed by atoms with Crippen LogP contribution >= 0.6 is 11.8 Å². The minimum absolute atomic E-state index is 0.275. The van der Waals surface area contributed by atoms with E-state index in [1.54, 1.807) is 23.9 Å². The van der Waals surface area contributed by atoms with Gasteiger partial charge in [-0.15, -0.1) is 0 Å². The van der Waals surface area contributed by atoms with Crippen LogP contribution in [0.5, 0.6) is 5.75 Å². The Morgan fingerprint density at radius 3 is 2.23 bits per heavy atom. The van der Waals surface area contributed by atoms with Gasteiger partial charge in [0.15, 0.2) is 0 Å². The van der Waals surface area contributed by atoms with Gasteiger partial charge < -0.3 is 5.11 Å². The molecule has 0 aliphatic rings. The third kappa shape index (κ3) is 2.99. The molecule has 1 rings (SSSR count). The summed E-state index contributed by atoms with van der Waals surface area (Å²) in [6.45, 7) is 9.65. The van der Waals surface area contributed by atoms with Gasteiger partial charge in [0.1, 0.15) is 5.75 Å². The van der Waals surface area contributed by atoms with Crippen molar-refractivity contribution < 1.29 is 5.11 Å². The van der Waals surface area contributed by atoms with Gasteiger partial charge in [-0.05, 0) is 29.5 Å². The Kier molecular flexibility index (Phi) is 3.20. The average molecular weight is 192 g/mol. The molecule has 0 aliphatic heterocycles. The van der Waals surface area contributed by atoms with E-state index in [4.69, 9.17) is 5.11 Å². The lowest BCUT2D eigenvalue weighted by Crippen LogP contribution is -1.76. The van der Waals surface area contributed by atoms with Crippen molar-refractivity contribution in [3.05, 3.63) is 47.9 Å². The first kappa shape index (κ1) is 9.93. The van der Waals surface area contributed by atoms with Crippen molar-refractivity contribution in [2.75, 3.05) is 0 Å². The fraction of sp³-hybridized carbons (Fsp3) is 0.0909. The SMILES string of the molecule is C=C(C)SC(=C)c1ccc(O)cc1. The Morgan fingerprint density at radius 2 is 1.77 bits per heavy atom. The van der Waals surface area contributed by atoms with Gasteiger partial charge in [-0.1, -0.05) is 37.1 Å². The monoisotopic (exact) mass is 192 g/mol. The van der Waals surface area contributed by atoms with Gasteiger partial charge in [0.05, 0.1) is 0 Å². The maximum absolute atomic E-state index is 9.07. The molecule has 0 radical (unpaired) electrons. The largest absolute Gasteiger partial charge is 0.508 e. The van der Waals surface area contributed by atoms with E-state index in [0.29, 0.717) is 0 Å². The van der Waals surface area contributed by atoms with Crippen LogP contribution < -0.4 is 0 Å². The van der Waals surface area contributed by atoms with Gasteiger partial charge in [-0.2, -0.15) is 0 Å². The predicted molar refractivity (Wildman–Crippen MR) is 59.5 cm³/mol. The van der Waals surface area contributed by atoms with E-state index in [1.165, 1.54) is 0 Å². The number of aromatic hydroxyl groups is 1. The fourth-order valence-corrected chi connectivity index (χ4v) is 1.59. The van der Waals surface area contributed by atoms with Crippen LogP contribution in [0.2, 0.25) is 0 Å². The lowest BCUT2D eigenvalue weighted by atomic mass is 10.2. The van der Waals surface area contributed by atoms with Crippen LogP contribution in [-0.4, -0.2) is 5.11 Å². The van der Waals surface area contributed by atoms with E-state index in [-0.39, 0.29) is 5.75 Å². The summed E-state index contributed by atoms with van der Waals surface area (Å²) in [6, 6.07) is 6.99. The zero-order valence-corrected chi connectivity index (χ0v) is 8.40. The third-order valence-electron chi connectivity index (χ3n) is 1.49. The third-order valence-corrected chi connectivity index (χ3v) is 2.32. The van der Waals surface area contributed by atoms with E-state index in [1.807, 2.05) is 19.1 Å². The van der Waals surface area contributed by atoms with Crippen LogP contribution in [0.15, 0.2) is 42.3 Å². The molecule has 0 fully saturated rings. The Bertz CT molecular complexity index is 324. The van der Waals surface area contributed by atoms with Gasteiger partial charge in [-0.25, -0.2) is 0 Å². The second-order valence-electron chi connectivity index (χ2n) is 2.77. The number of phenolic OH excluding ortho intramolecular Hbond substituents is 1. The Hall–Kier alpha value is -1.15. The molecule has 0 bridgehead atoms. The van der Waals surface area contributed by atoms with Gasteiger partial charge in [0.2, 0.25) is 0 Å². The van der Waals surface area contributed by atoms with Gasteiger partial charge >= 0.3 is 0 Å². The molecule has 0 unspecified atom stereocenters. The quantitative estimate of drug-likeness (QED) is 0.789. The van der Waals surface area contributed by atoms with Gasteiger partial charge in [0, 0.05) is 4.91 Å². The standard InChI is InChI=1S/C11H12OS/c1-8(2)13-9(3)10-4-6-11(12)7-5-10/h4-7,12H,1,3H2,2H3. The molecule has 0 saturated heterocycles. The molecule has 0 saturated carbocycles. The maximum atomic E-state index is 9.07. The summed E-state index contributed by atoms with van der Waals surface area (Å²) in [5.74, 6) is 0.275. The highest BCUT2D eigenvalue weighted by Crippen LogP contribution is 2.31. The molecule has 68 valence electrons. The van der Waals surface area contributed by atoms with Crippen molar-refractivity contribution in [3.63, 3.8) is 0 Å². The second-order valence-corrected chi connectivity index (χ2v) is 4.17. The van der Waals surface area contributed by atoms with Crippen LogP contribution in [-0.2, 0) is 0 Å². The molecule has 1 N–H and O–H groups in total. The molecule has 2 heteroatoms. The van der Waals surface area contributed by atoms with Crippen molar-refractivity contribution in [2.24, 2.45) is 0 Å². The van der Waals surface area contributed by atoms with Crippen molar-refractivity contribution in [1.82, 2.24) is 0 Å². The minimum Gasteiger partial charge on any atom is -0.508 e. The fourth-order valence-electron chi connectivity index (χ4n) is 0.917. The van der Waals surface area contributed by atoms with Crippen LogP contribution in [0.25, 0.3) is 4.91 Å². The molecule has 13 heavy (non-hydrogen) atoms. The smallest absolute Gasteiger partial charge is 0.115 e. The zero-order chi connectivity index (χ0) is 9.84. The molecule has 0 heterocycles. The Balaban J connectivity index is 2.78. The van der Waals surface area contributed by atoms with E-state index in [2.05, 4.69) is 13.2 Å². The summed E-state index contributed by atoms with van der Waals surface area (Å²) in [4.78, 5) is 1.96. The number of thioether (sulfide) groups is 1. The Labute approximate surface area is 82.8 Å². The zero-order valence-electron chi connectivity index (χ0n) is 7.58. The first-order valence-electron chi connectivity index (χ1n) is 3.91. The predicted octanol–water partition coefficient (Wildman–Crippen LogP) is 3.63. The summed E-state index contributed by atoms with van der Waals surface area (Å²) in [5, 5.41) is 9.07. The van der Waals surface area contributed by atoms with Gasteiger partial charge in [0.25, 0.3) is 0 Å². The molecule has 0 amide bonds. The molecule has 1 nitrogen and oxygen atoms in total. The summed E-state index contributed by atoms with van der Waals surface area (Å²) in [5.41, 5.74) is 1.02. The number of hydrogen-bond acceptors (Lipinski definition) is 2. The van der Waals surface area contributed by atoms with Crippen molar-refractivity contribution >= 4 is 16.7 Å². The van der Waals surface area contributed by atoms with Crippen LogP contribution in [0.3, 0.4) is 0 Å². The molecule has 0 spiro atoms. The molecule has 1 aromatic rings. The first-order valence-corrected chi connectivity index (χ1v) is 4.73. The van der Waals surface area contributed by atoms with E-state index in [0.717, 1.165) is 15.4 Å². The summed E-state index contributed by atoms with van der Waals surface area (Å²) < 4.78 is 0. The van der Waals surface area contributed by atoms with Crippen molar-refractivity contribution in [1.29, 1.82) is 0 Å². The summed E-state index contributed by atoms with van der Waals surface area (Å²) >= 11 is 1.54. The molecule has 0 aliphatic carbocycles. The summed E-state index contributed by atoms with van der Waals surface area (Å²) in [7, 11) is 0.